The van der Waals surface area contributed by atoms with E-state index < -0.39 is 38.9 Å². The van der Waals surface area contributed by atoms with Gasteiger partial charge in [-0.25, -0.2) is 18.2 Å². The van der Waals surface area contributed by atoms with E-state index in [-0.39, 0.29) is 21.6 Å². The Balaban J connectivity index is 1.66. The largest absolute Gasteiger partial charge is 0.492 e. The van der Waals surface area contributed by atoms with Crippen LogP contribution in [0.15, 0.2) is 108 Å². The van der Waals surface area contributed by atoms with Gasteiger partial charge in [0.1, 0.15) is 0 Å². The third-order valence-electron chi connectivity index (χ3n) is 6.40. The summed E-state index contributed by atoms with van der Waals surface area (Å²) in [6.45, 7) is 0.107. The molecule has 0 fully saturated rings. The normalized spacial score (nSPS) is 12.8. The molecule has 4 aromatic carbocycles. The van der Waals surface area contributed by atoms with Crippen LogP contribution in [0.2, 0.25) is 0 Å². The molecular weight excluding hydrogens is 603 g/mol. The van der Waals surface area contributed by atoms with Crippen molar-refractivity contribution < 1.29 is 36.0 Å². The molecule has 0 bridgehead atoms. The first kappa shape index (κ1) is 30.0. The predicted molar refractivity (Wildman–Crippen MR) is 154 cm³/mol. The van der Waals surface area contributed by atoms with E-state index in [1.807, 2.05) is 0 Å². The number of para-hydroxylation sites is 1. The zero-order valence-electron chi connectivity index (χ0n) is 22.1. The van der Waals surface area contributed by atoms with Gasteiger partial charge in [0.15, 0.2) is 11.0 Å². The first-order valence-corrected chi connectivity index (χ1v) is 14.9. The quantitative estimate of drug-likeness (QED) is 0.156. The van der Waals surface area contributed by atoms with Gasteiger partial charge >= 0.3 is 12.1 Å². The van der Waals surface area contributed by atoms with E-state index in [4.69, 9.17) is 5.73 Å². The van der Waals surface area contributed by atoms with E-state index in [0.717, 1.165) is 29.0 Å². The number of nitrogens with two attached hydrogens (primary N) is 1. The summed E-state index contributed by atoms with van der Waals surface area (Å²) in [6, 6.07) is 24.4. The van der Waals surface area contributed by atoms with Crippen LogP contribution in [0.3, 0.4) is 0 Å². The van der Waals surface area contributed by atoms with Crippen molar-refractivity contribution in [2.45, 2.75) is 23.7 Å². The molecule has 1 aromatic heterocycles. The summed E-state index contributed by atoms with van der Waals surface area (Å²) in [5.74, 6) is -3.82. The van der Waals surface area contributed by atoms with Crippen molar-refractivity contribution >= 4 is 43.3 Å². The Kier molecular flexibility index (Phi) is 8.42. The third kappa shape index (κ3) is 6.34. The molecule has 220 valence electrons. The summed E-state index contributed by atoms with van der Waals surface area (Å²) in [5.41, 5.74) is 8.01. The van der Waals surface area contributed by atoms with Crippen LogP contribution in [0.25, 0.3) is 21.3 Å². The maximum absolute atomic E-state index is 14.0. The molecule has 0 aliphatic carbocycles. The Labute approximate surface area is 248 Å². The van der Waals surface area contributed by atoms with Gasteiger partial charge in [-0.15, -0.1) is 11.3 Å². The first-order chi connectivity index (χ1) is 20.5. The van der Waals surface area contributed by atoms with Gasteiger partial charge in [-0.3, -0.25) is 4.79 Å². The zero-order chi connectivity index (χ0) is 30.8. The molecule has 0 spiro atoms. The lowest BCUT2D eigenvalue weighted by Gasteiger charge is -2.28. The zero-order valence-corrected chi connectivity index (χ0v) is 23.7. The summed E-state index contributed by atoms with van der Waals surface area (Å²) in [4.78, 5) is 34.4. The van der Waals surface area contributed by atoms with Crippen molar-refractivity contribution in [2.75, 3.05) is 0 Å². The molecule has 1 atom stereocenters. The van der Waals surface area contributed by atoms with Crippen LogP contribution in [0, 0.1) is 0 Å². The number of rotatable bonds is 9. The van der Waals surface area contributed by atoms with Crippen LogP contribution in [0.4, 0.5) is 13.2 Å². The molecule has 5 aromatic rings. The second-order valence-corrected chi connectivity index (χ2v) is 12.0. The van der Waals surface area contributed by atoms with E-state index >= 15 is 0 Å². The van der Waals surface area contributed by atoms with Crippen molar-refractivity contribution in [3.63, 3.8) is 0 Å². The molecule has 8 nitrogen and oxygen atoms in total. The SMILES string of the molecule is NCc1ccc(C(C(=O)c2nc3ccccc3s2)N(OC(=O)C(F)(F)F)S(=O)(=O)c2ccc(-c3ccccc3)cc2)cc1. The number of nitrogens with zero attached hydrogens (tertiary/aromatic N) is 2. The lowest BCUT2D eigenvalue weighted by molar-refractivity contribution is -0.225. The topological polar surface area (TPSA) is 120 Å². The molecule has 2 N–H and O–H groups in total. The number of carbonyl (C=O) groups is 2. The van der Waals surface area contributed by atoms with Crippen LogP contribution >= 0.6 is 11.3 Å². The fourth-order valence-corrected chi connectivity index (χ4v) is 6.51. The second kappa shape index (κ2) is 12.1. The number of thiazole rings is 1. The standard InChI is InChI=1S/C30H22F3N3O5S2/c31-30(32,33)29(38)41-36(43(39,40)23-16-14-21(15-17-23)20-6-2-1-3-7-20)26(22-12-10-19(18-34)11-13-22)27(37)28-35-24-8-4-5-9-25(24)42-28/h1-17,26H,18,34H2. The number of benzene rings is 4. The average Bonchev–Trinajstić information content (AvgIpc) is 3.45. The van der Waals surface area contributed by atoms with Crippen LogP contribution in [-0.4, -0.2) is 35.8 Å². The molecule has 0 aliphatic rings. The maximum atomic E-state index is 14.0. The molecule has 0 amide bonds. The smallest absolute Gasteiger partial charge is 0.344 e. The Hall–Kier alpha value is -4.43. The van der Waals surface area contributed by atoms with Crippen molar-refractivity contribution in [1.29, 1.82) is 0 Å². The number of Topliss-reactive ketones (excluding diaryl/α,β-unsaturated/α-hetero) is 1. The van der Waals surface area contributed by atoms with Crippen molar-refractivity contribution in [3.05, 3.63) is 119 Å². The van der Waals surface area contributed by atoms with Gasteiger partial charge < -0.3 is 10.6 Å². The number of sulfonamides is 1. The molecule has 0 radical (unpaired) electrons. The van der Waals surface area contributed by atoms with Crippen LogP contribution in [0.1, 0.15) is 27.0 Å². The van der Waals surface area contributed by atoms with Crippen LogP contribution in [-0.2, 0) is 26.2 Å². The number of hydroxylamine groups is 1. The monoisotopic (exact) mass is 625 g/mol. The summed E-state index contributed by atoms with van der Waals surface area (Å²) < 4.78 is 68.7. The maximum Gasteiger partial charge on any atom is 0.492 e. The van der Waals surface area contributed by atoms with Crippen LogP contribution < -0.4 is 5.73 Å². The minimum Gasteiger partial charge on any atom is -0.344 e. The lowest BCUT2D eigenvalue weighted by Crippen LogP contribution is -2.43. The number of carbonyl (C=O) groups excluding carboxylic acids is 2. The van der Waals surface area contributed by atoms with Crippen molar-refractivity contribution in [3.8, 4) is 11.1 Å². The average molecular weight is 626 g/mol. The molecule has 5 rings (SSSR count). The summed E-state index contributed by atoms with van der Waals surface area (Å²) in [5, 5.41) is -0.197. The lowest BCUT2D eigenvalue weighted by atomic mass is 10.0. The number of alkyl halides is 3. The van der Waals surface area contributed by atoms with E-state index in [1.54, 1.807) is 54.6 Å². The van der Waals surface area contributed by atoms with Gasteiger partial charge in [0.25, 0.3) is 10.0 Å². The van der Waals surface area contributed by atoms with Gasteiger partial charge in [-0.2, -0.15) is 13.2 Å². The van der Waals surface area contributed by atoms with Gasteiger partial charge in [0.05, 0.1) is 15.1 Å². The van der Waals surface area contributed by atoms with Gasteiger partial charge in [0.2, 0.25) is 5.78 Å². The summed E-state index contributed by atoms with van der Waals surface area (Å²) in [6.07, 6.45) is -5.57. The van der Waals surface area contributed by atoms with Crippen molar-refractivity contribution in [2.24, 2.45) is 5.73 Å². The van der Waals surface area contributed by atoms with E-state index in [0.29, 0.717) is 21.3 Å². The Bertz CT molecular complexity index is 1840. The number of hydrogen-bond donors (Lipinski definition) is 1. The Morgan fingerprint density at radius 2 is 1.47 bits per heavy atom. The molecule has 0 saturated heterocycles. The van der Waals surface area contributed by atoms with Gasteiger partial charge in [-0.1, -0.05) is 78.9 Å². The van der Waals surface area contributed by atoms with Crippen LogP contribution in [0.5, 0.6) is 0 Å². The second-order valence-electron chi connectivity index (χ2n) is 9.23. The molecule has 43 heavy (non-hydrogen) atoms. The highest BCUT2D eigenvalue weighted by Gasteiger charge is 2.48. The molecular formula is C30H22F3N3O5S2. The number of hydrogen-bond acceptors (Lipinski definition) is 8. The number of aromatic nitrogens is 1. The predicted octanol–water partition coefficient (Wildman–Crippen LogP) is 6.06. The van der Waals surface area contributed by atoms with E-state index in [1.165, 1.54) is 36.4 Å². The number of halogens is 3. The fraction of sp³-hybridized carbons (Fsp3) is 0.100. The van der Waals surface area contributed by atoms with Gasteiger partial charge in [0, 0.05) is 6.54 Å². The third-order valence-corrected chi connectivity index (χ3v) is 9.07. The Morgan fingerprint density at radius 3 is 2.07 bits per heavy atom. The minimum absolute atomic E-state index is 0.0686. The molecule has 0 aliphatic heterocycles. The highest BCUT2D eigenvalue weighted by atomic mass is 32.2. The number of fused-ring (bicyclic) bond motifs is 1. The molecule has 1 heterocycles. The summed E-state index contributed by atoms with van der Waals surface area (Å²) in [7, 11) is -5.08. The fourth-order valence-electron chi connectivity index (χ4n) is 4.23. The van der Waals surface area contributed by atoms with Gasteiger partial charge in [-0.05, 0) is 51.0 Å². The molecule has 13 heteroatoms. The molecule has 1 unspecified atom stereocenters. The van der Waals surface area contributed by atoms with Crippen molar-refractivity contribution in [1.82, 2.24) is 9.45 Å². The van der Waals surface area contributed by atoms with E-state index in [9.17, 15) is 31.2 Å². The highest BCUT2D eigenvalue weighted by molar-refractivity contribution is 7.89. The number of ketones is 1. The first-order valence-electron chi connectivity index (χ1n) is 12.7. The molecule has 0 saturated carbocycles. The van der Waals surface area contributed by atoms with E-state index in [2.05, 4.69) is 9.82 Å². The Morgan fingerprint density at radius 1 is 0.860 bits per heavy atom. The minimum atomic E-state index is -5.57. The highest BCUT2D eigenvalue weighted by Crippen LogP contribution is 2.35. The summed E-state index contributed by atoms with van der Waals surface area (Å²) >= 11 is 0.919.